The van der Waals surface area contributed by atoms with Gasteiger partial charge in [-0.3, -0.25) is 9.69 Å². The Balaban J connectivity index is 1.47. The van der Waals surface area contributed by atoms with Crippen LogP contribution in [0.3, 0.4) is 0 Å². The lowest BCUT2D eigenvalue weighted by Gasteiger charge is -2.38. The van der Waals surface area contributed by atoms with Crippen molar-refractivity contribution in [3.05, 3.63) is 11.6 Å². The summed E-state index contributed by atoms with van der Waals surface area (Å²) in [5.41, 5.74) is 0. The molecule has 0 radical (unpaired) electrons. The number of anilines is 1. The number of nitrogens with zero attached hydrogens (tertiary/aromatic N) is 4. The van der Waals surface area contributed by atoms with E-state index in [-0.39, 0.29) is 0 Å². The summed E-state index contributed by atoms with van der Waals surface area (Å²) in [5, 5.41) is 3.12. The normalized spacial score (nSPS) is 24.3. The van der Waals surface area contributed by atoms with Gasteiger partial charge in [0.25, 0.3) is 0 Å². The van der Waals surface area contributed by atoms with Gasteiger partial charge in [0, 0.05) is 50.3 Å². The van der Waals surface area contributed by atoms with Crippen molar-refractivity contribution in [2.24, 2.45) is 0 Å². The molecular weight excluding hydrogens is 284 g/mol. The number of piperazine rings is 1. The lowest BCUT2D eigenvalue weighted by molar-refractivity contribution is -0.135. The summed E-state index contributed by atoms with van der Waals surface area (Å²) < 4.78 is 0. The number of hydrogen-bond donors (Lipinski definition) is 0. The van der Waals surface area contributed by atoms with E-state index in [2.05, 4.69) is 26.6 Å². The molecule has 5 nitrogen and oxygen atoms in total. The van der Waals surface area contributed by atoms with Gasteiger partial charge >= 0.3 is 0 Å². The van der Waals surface area contributed by atoms with Crippen molar-refractivity contribution in [2.75, 3.05) is 44.2 Å². The number of hydrogen-bond acceptors (Lipinski definition) is 5. The Morgan fingerprint density at radius 1 is 1.29 bits per heavy atom. The minimum Gasteiger partial charge on any atom is -0.346 e. The zero-order valence-electron chi connectivity index (χ0n) is 12.7. The van der Waals surface area contributed by atoms with E-state index in [4.69, 9.17) is 0 Å². The fraction of sp³-hybridized carbons (Fsp3) is 0.733. The molecule has 1 aromatic rings. The van der Waals surface area contributed by atoms with E-state index in [1.165, 1.54) is 6.42 Å². The predicted octanol–water partition coefficient (Wildman–Crippen LogP) is 1.67. The molecule has 3 heterocycles. The number of likely N-dealkylation sites (tertiary alicyclic amines) is 1. The van der Waals surface area contributed by atoms with Crippen LogP contribution in [0.2, 0.25) is 0 Å². The summed E-state index contributed by atoms with van der Waals surface area (Å²) in [7, 11) is 0. The largest absolute Gasteiger partial charge is 0.346 e. The quantitative estimate of drug-likeness (QED) is 0.851. The molecule has 0 saturated carbocycles. The van der Waals surface area contributed by atoms with E-state index in [0.717, 1.165) is 50.7 Å². The first kappa shape index (κ1) is 14.8. The zero-order valence-corrected chi connectivity index (χ0v) is 13.5. The van der Waals surface area contributed by atoms with Crippen molar-refractivity contribution in [1.29, 1.82) is 0 Å². The van der Waals surface area contributed by atoms with Gasteiger partial charge in [-0.15, -0.1) is 11.3 Å². The molecule has 21 heavy (non-hydrogen) atoms. The van der Waals surface area contributed by atoms with Crippen LogP contribution in [-0.4, -0.2) is 66.0 Å². The second kappa shape index (κ2) is 6.75. The first-order valence-electron chi connectivity index (χ1n) is 7.90. The Morgan fingerprint density at radius 2 is 2.10 bits per heavy atom. The van der Waals surface area contributed by atoms with Crippen molar-refractivity contribution >= 4 is 22.4 Å². The molecule has 3 rings (SSSR count). The van der Waals surface area contributed by atoms with Crippen molar-refractivity contribution < 1.29 is 4.79 Å². The summed E-state index contributed by atoms with van der Waals surface area (Å²) in [6, 6.07) is 0.419. The van der Waals surface area contributed by atoms with Crippen LogP contribution in [0, 0.1) is 0 Å². The van der Waals surface area contributed by atoms with E-state index in [0.29, 0.717) is 18.5 Å². The van der Waals surface area contributed by atoms with Crippen molar-refractivity contribution in [2.45, 2.75) is 32.2 Å². The maximum atomic E-state index is 12.4. The Hall–Kier alpha value is -1.14. The fourth-order valence-electron chi connectivity index (χ4n) is 3.22. The molecule has 0 aliphatic carbocycles. The first-order chi connectivity index (χ1) is 10.2. The molecule has 2 saturated heterocycles. The summed E-state index contributed by atoms with van der Waals surface area (Å²) in [4.78, 5) is 23.5. The second-order valence-corrected chi connectivity index (χ2v) is 6.88. The molecule has 1 amide bonds. The number of thiazole rings is 1. The monoisotopic (exact) mass is 308 g/mol. The van der Waals surface area contributed by atoms with Gasteiger partial charge in [0.15, 0.2) is 5.13 Å². The highest BCUT2D eigenvalue weighted by Crippen LogP contribution is 2.20. The van der Waals surface area contributed by atoms with Crippen molar-refractivity contribution in [3.8, 4) is 0 Å². The van der Waals surface area contributed by atoms with Crippen LogP contribution >= 0.6 is 11.3 Å². The minimum atomic E-state index is 0.310. The number of carbonyl (C=O) groups excluding carboxylic acids is 1. The van der Waals surface area contributed by atoms with Crippen LogP contribution < -0.4 is 4.90 Å². The molecule has 2 fully saturated rings. The third kappa shape index (κ3) is 3.55. The van der Waals surface area contributed by atoms with E-state index >= 15 is 0 Å². The maximum absolute atomic E-state index is 12.4. The van der Waals surface area contributed by atoms with Gasteiger partial charge in [-0.2, -0.15) is 0 Å². The molecule has 116 valence electrons. The van der Waals surface area contributed by atoms with Crippen LogP contribution in [0.1, 0.15) is 26.2 Å². The number of carbonyl (C=O) groups is 1. The van der Waals surface area contributed by atoms with Crippen LogP contribution in [-0.2, 0) is 4.79 Å². The number of rotatable bonds is 3. The maximum Gasteiger partial charge on any atom is 0.236 e. The molecule has 0 N–H and O–H groups in total. The molecule has 2 aliphatic heterocycles. The summed E-state index contributed by atoms with van der Waals surface area (Å²) >= 11 is 1.69. The first-order valence-corrected chi connectivity index (χ1v) is 8.78. The number of aromatic nitrogens is 1. The molecule has 0 aromatic carbocycles. The van der Waals surface area contributed by atoms with E-state index in [1.807, 2.05) is 11.6 Å². The summed E-state index contributed by atoms with van der Waals surface area (Å²) in [5.74, 6) is 0.310. The Kier molecular flexibility index (Phi) is 4.75. The summed E-state index contributed by atoms with van der Waals surface area (Å²) in [6.07, 6.45) is 5.43. The fourth-order valence-corrected chi connectivity index (χ4v) is 3.92. The number of amides is 1. The highest BCUT2D eigenvalue weighted by molar-refractivity contribution is 7.13. The van der Waals surface area contributed by atoms with Gasteiger partial charge in [-0.25, -0.2) is 4.98 Å². The Labute approximate surface area is 130 Å². The smallest absolute Gasteiger partial charge is 0.236 e. The minimum absolute atomic E-state index is 0.310. The van der Waals surface area contributed by atoms with Crippen molar-refractivity contribution in [3.63, 3.8) is 0 Å². The standard InChI is InChI=1S/C15H24N4OS/c1-13-4-2-3-6-19(13)14(20)12-17-7-9-18(10-8-17)15-16-5-11-21-15/h5,11,13H,2-4,6-10,12H2,1H3. The molecule has 1 aromatic heterocycles. The molecular formula is C15H24N4OS. The SMILES string of the molecule is CC1CCCCN1C(=O)CN1CCN(c2nccs2)CC1. The molecule has 2 aliphatic rings. The van der Waals surface area contributed by atoms with Crippen molar-refractivity contribution in [1.82, 2.24) is 14.8 Å². The van der Waals surface area contributed by atoms with Crippen LogP contribution in [0.4, 0.5) is 5.13 Å². The predicted molar refractivity (Wildman–Crippen MR) is 85.8 cm³/mol. The van der Waals surface area contributed by atoms with Gasteiger partial charge in [0.2, 0.25) is 5.91 Å². The molecule has 1 atom stereocenters. The Morgan fingerprint density at radius 3 is 2.76 bits per heavy atom. The van der Waals surface area contributed by atoms with E-state index in [9.17, 15) is 4.79 Å². The Bertz CT molecular complexity index is 456. The van der Waals surface area contributed by atoms with Gasteiger partial charge in [0.05, 0.1) is 6.54 Å². The van der Waals surface area contributed by atoms with Crippen LogP contribution in [0.25, 0.3) is 0 Å². The molecule has 0 spiro atoms. The number of piperidine rings is 1. The average Bonchev–Trinajstić information content (AvgIpc) is 3.02. The highest BCUT2D eigenvalue weighted by Gasteiger charge is 2.26. The highest BCUT2D eigenvalue weighted by atomic mass is 32.1. The summed E-state index contributed by atoms with van der Waals surface area (Å²) in [6.45, 7) is 7.54. The third-order valence-electron chi connectivity index (χ3n) is 4.54. The molecule has 0 bridgehead atoms. The van der Waals surface area contributed by atoms with E-state index < -0.39 is 0 Å². The second-order valence-electron chi connectivity index (χ2n) is 6.01. The zero-order chi connectivity index (χ0) is 14.7. The molecule has 6 heteroatoms. The van der Waals surface area contributed by atoms with Gasteiger partial charge in [-0.05, 0) is 26.2 Å². The lowest BCUT2D eigenvalue weighted by atomic mass is 10.0. The lowest BCUT2D eigenvalue weighted by Crippen LogP contribution is -2.52. The van der Waals surface area contributed by atoms with E-state index in [1.54, 1.807) is 11.3 Å². The van der Waals surface area contributed by atoms with Gasteiger partial charge in [-0.1, -0.05) is 0 Å². The average molecular weight is 308 g/mol. The van der Waals surface area contributed by atoms with Crippen LogP contribution in [0.5, 0.6) is 0 Å². The van der Waals surface area contributed by atoms with Gasteiger partial charge in [0.1, 0.15) is 0 Å². The molecule has 1 unspecified atom stereocenters. The third-order valence-corrected chi connectivity index (χ3v) is 5.38. The topological polar surface area (TPSA) is 39.7 Å². The van der Waals surface area contributed by atoms with Gasteiger partial charge < -0.3 is 9.80 Å². The van der Waals surface area contributed by atoms with Crippen LogP contribution in [0.15, 0.2) is 11.6 Å².